The minimum absolute atomic E-state index is 0.749. The van der Waals surface area contributed by atoms with Crippen molar-refractivity contribution in [2.24, 2.45) is 0 Å². The quantitative estimate of drug-likeness (QED) is 0.421. The number of ketones is 1. The number of aliphatic hydroxyl groups is 1. The van der Waals surface area contributed by atoms with Gasteiger partial charge in [-0.15, -0.1) is 0 Å². The van der Waals surface area contributed by atoms with E-state index in [1.54, 1.807) is 0 Å². The highest BCUT2D eigenvalue weighted by Crippen LogP contribution is 2.38. The van der Waals surface area contributed by atoms with Crippen LogP contribution in [0.2, 0.25) is 0 Å². The molecule has 7 heteroatoms. The molecule has 0 saturated carbocycles. The van der Waals surface area contributed by atoms with E-state index in [-0.39, 0.29) is 0 Å². The molecule has 6 nitrogen and oxygen atoms in total. The first-order chi connectivity index (χ1) is 5.78. The second-order valence-corrected chi connectivity index (χ2v) is 3.54. The fourth-order valence-electron chi connectivity index (χ4n) is 0.626. The number of carbonyl (C=O) groups excluding carboxylic acids is 1. The molecule has 13 heavy (non-hydrogen) atoms. The van der Waals surface area contributed by atoms with Gasteiger partial charge in [0.15, 0.2) is 5.78 Å². The van der Waals surface area contributed by atoms with E-state index in [4.69, 9.17) is 14.9 Å². The van der Waals surface area contributed by atoms with Gasteiger partial charge in [0, 0.05) is 0 Å². The monoisotopic (exact) mass is 210 g/mol. The number of hydrogen-bond donors (Lipinski definition) is 3. The lowest BCUT2D eigenvalue weighted by Crippen LogP contribution is -2.31. The molecule has 3 N–H and O–H groups in total. The first-order valence-corrected chi connectivity index (χ1v) is 4.89. The zero-order valence-electron chi connectivity index (χ0n) is 6.95. The Labute approximate surface area is 75.1 Å². The van der Waals surface area contributed by atoms with E-state index in [1.807, 2.05) is 0 Å². The van der Waals surface area contributed by atoms with Crippen LogP contribution in [-0.2, 0) is 13.9 Å². The third-order valence-corrected chi connectivity index (χ3v) is 1.85. The van der Waals surface area contributed by atoms with Crippen LogP contribution in [0.3, 0.4) is 0 Å². The summed E-state index contributed by atoms with van der Waals surface area (Å²) in [4.78, 5) is 27.4. The van der Waals surface area contributed by atoms with Gasteiger partial charge in [0.2, 0.25) is 0 Å². The Morgan fingerprint density at radius 2 is 2.08 bits per heavy atom. The van der Waals surface area contributed by atoms with E-state index in [0.717, 1.165) is 6.08 Å². The molecule has 0 heterocycles. The highest BCUT2D eigenvalue weighted by atomic mass is 31.2. The molecule has 0 bridgehead atoms. The van der Waals surface area contributed by atoms with E-state index in [0.29, 0.717) is 0 Å². The molecule has 0 aromatic heterocycles. The van der Waals surface area contributed by atoms with Gasteiger partial charge in [0.05, 0.1) is 6.10 Å². The minimum atomic E-state index is -4.67. The maximum absolute atomic E-state index is 10.7. The summed E-state index contributed by atoms with van der Waals surface area (Å²) in [5.41, 5.74) is 0. The Bertz CT molecular complexity index is 244. The normalized spacial score (nSPS) is 16.3. The average molecular weight is 210 g/mol. The van der Waals surface area contributed by atoms with Crippen LogP contribution in [0.4, 0.5) is 0 Å². The summed E-state index contributed by atoms with van der Waals surface area (Å²) in [5, 5.41) is 9.06. The summed E-state index contributed by atoms with van der Waals surface area (Å²) < 4.78 is 14.4. The molecular weight excluding hydrogens is 199 g/mol. The maximum Gasteiger partial charge on any atom is 0.469 e. The molecule has 76 valence electrons. The van der Waals surface area contributed by atoms with Gasteiger partial charge in [-0.25, -0.2) is 4.57 Å². The van der Waals surface area contributed by atoms with Gasteiger partial charge in [0.1, 0.15) is 6.10 Å². The molecule has 0 saturated heterocycles. The Hall–Kier alpha value is -0.520. The number of aliphatic hydroxyl groups excluding tert-OH is 1. The molecule has 0 spiro atoms. The summed E-state index contributed by atoms with van der Waals surface area (Å²) in [7, 11) is -4.67. The molecule has 0 amide bonds. The lowest BCUT2D eigenvalue weighted by molar-refractivity contribution is -0.126. The Morgan fingerprint density at radius 3 is 2.38 bits per heavy atom. The zero-order valence-corrected chi connectivity index (χ0v) is 7.85. The third kappa shape index (κ3) is 4.92. The standard InChI is InChI=1S/C6H11O6P/c1-3-5(7)6(8)4(2)12-13(9,10)11/h3-4,6,8H,1H2,2H3,(H2,9,10,11). The van der Waals surface area contributed by atoms with E-state index < -0.39 is 25.8 Å². The van der Waals surface area contributed by atoms with Crippen molar-refractivity contribution in [1.29, 1.82) is 0 Å². The molecule has 2 atom stereocenters. The molecule has 0 aliphatic rings. The summed E-state index contributed by atoms with van der Waals surface area (Å²) >= 11 is 0. The number of hydrogen-bond acceptors (Lipinski definition) is 4. The van der Waals surface area contributed by atoms with Crippen molar-refractivity contribution in [3.8, 4) is 0 Å². The van der Waals surface area contributed by atoms with Crippen LogP contribution in [0, 0.1) is 0 Å². The lowest BCUT2D eigenvalue weighted by atomic mass is 10.1. The molecule has 2 unspecified atom stereocenters. The van der Waals surface area contributed by atoms with Gasteiger partial charge >= 0.3 is 7.82 Å². The van der Waals surface area contributed by atoms with Crippen molar-refractivity contribution >= 4 is 13.6 Å². The second kappa shape index (κ2) is 4.64. The average Bonchev–Trinajstić information content (AvgIpc) is 1.98. The van der Waals surface area contributed by atoms with Gasteiger partial charge in [-0.2, -0.15) is 0 Å². The molecule has 0 aromatic carbocycles. The van der Waals surface area contributed by atoms with Crippen LogP contribution in [0.15, 0.2) is 12.7 Å². The Kier molecular flexibility index (Phi) is 4.46. The van der Waals surface area contributed by atoms with Crippen molar-refractivity contribution in [3.05, 3.63) is 12.7 Å². The van der Waals surface area contributed by atoms with E-state index in [2.05, 4.69) is 11.1 Å². The summed E-state index contributed by atoms with van der Waals surface area (Å²) in [6.07, 6.45) is -2.03. The molecule has 0 fully saturated rings. The van der Waals surface area contributed by atoms with Gasteiger partial charge in [-0.05, 0) is 13.0 Å². The van der Waals surface area contributed by atoms with Gasteiger partial charge in [0.25, 0.3) is 0 Å². The van der Waals surface area contributed by atoms with Gasteiger partial charge < -0.3 is 14.9 Å². The van der Waals surface area contributed by atoms with Gasteiger partial charge in [-0.1, -0.05) is 6.58 Å². The Balaban J connectivity index is 4.27. The first-order valence-electron chi connectivity index (χ1n) is 3.36. The molecule has 0 aromatic rings. The Morgan fingerprint density at radius 1 is 1.62 bits per heavy atom. The summed E-state index contributed by atoms with van der Waals surface area (Å²) in [6, 6.07) is 0. The maximum atomic E-state index is 10.7. The van der Waals surface area contributed by atoms with Crippen molar-refractivity contribution in [2.45, 2.75) is 19.1 Å². The van der Waals surface area contributed by atoms with E-state index >= 15 is 0 Å². The van der Waals surface area contributed by atoms with Crippen molar-refractivity contribution in [3.63, 3.8) is 0 Å². The highest BCUT2D eigenvalue weighted by Gasteiger charge is 2.27. The number of phosphoric ester groups is 1. The molecule has 0 aliphatic heterocycles. The van der Waals surface area contributed by atoms with Crippen molar-refractivity contribution in [2.75, 3.05) is 0 Å². The van der Waals surface area contributed by atoms with Crippen LogP contribution in [0.5, 0.6) is 0 Å². The fraction of sp³-hybridized carbons (Fsp3) is 0.500. The van der Waals surface area contributed by atoms with Crippen molar-refractivity contribution in [1.82, 2.24) is 0 Å². The van der Waals surface area contributed by atoms with Crippen LogP contribution in [-0.4, -0.2) is 32.9 Å². The van der Waals surface area contributed by atoms with E-state index in [1.165, 1.54) is 6.92 Å². The predicted octanol–water partition coefficient (Wildman–Crippen LogP) is -0.400. The van der Waals surface area contributed by atoms with E-state index in [9.17, 15) is 9.36 Å². The van der Waals surface area contributed by atoms with Crippen LogP contribution >= 0.6 is 7.82 Å². The van der Waals surface area contributed by atoms with Crippen LogP contribution < -0.4 is 0 Å². The van der Waals surface area contributed by atoms with Crippen LogP contribution in [0.1, 0.15) is 6.92 Å². The number of rotatable bonds is 5. The summed E-state index contributed by atoms with van der Waals surface area (Å²) in [6.45, 7) is 4.27. The SMILES string of the molecule is C=CC(=O)C(O)C(C)OP(=O)(O)O. The molecule has 0 aliphatic carbocycles. The number of phosphoric acid groups is 1. The third-order valence-electron chi connectivity index (χ3n) is 1.24. The predicted molar refractivity (Wildman–Crippen MR) is 43.8 cm³/mol. The first kappa shape index (κ1) is 12.5. The zero-order chi connectivity index (χ0) is 10.6. The fourth-order valence-corrected chi connectivity index (χ4v) is 1.17. The second-order valence-electron chi connectivity index (χ2n) is 2.35. The smallest absolute Gasteiger partial charge is 0.382 e. The van der Waals surface area contributed by atoms with Crippen molar-refractivity contribution < 1.29 is 28.8 Å². The molecule has 0 radical (unpaired) electrons. The lowest BCUT2D eigenvalue weighted by Gasteiger charge is -2.16. The highest BCUT2D eigenvalue weighted by molar-refractivity contribution is 7.46. The minimum Gasteiger partial charge on any atom is -0.382 e. The summed E-state index contributed by atoms with van der Waals surface area (Å²) in [5.74, 6) is -0.749. The van der Waals surface area contributed by atoms with Gasteiger partial charge in [-0.3, -0.25) is 9.32 Å². The number of carbonyl (C=O) groups is 1. The topological polar surface area (TPSA) is 104 Å². The van der Waals surface area contributed by atoms with Crippen LogP contribution in [0.25, 0.3) is 0 Å². The largest absolute Gasteiger partial charge is 0.469 e. The molecular formula is C6H11O6P. The molecule has 0 rings (SSSR count).